The van der Waals surface area contributed by atoms with Gasteiger partial charge in [-0.3, -0.25) is 0 Å². The first-order valence-electron chi connectivity index (χ1n) is 7.31. The monoisotopic (exact) mass is 322 g/mol. The van der Waals surface area contributed by atoms with Gasteiger partial charge in [0.2, 0.25) is 5.65 Å². The molecule has 2 atom stereocenters. The second kappa shape index (κ2) is 5.89. The van der Waals surface area contributed by atoms with Crippen LogP contribution in [0, 0.1) is 12.3 Å². The molecule has 0 bridgehead atoms. The van der Waals surface area contributed by atoms with Gasteiger partial charge in [0, 0.05) is 12.0 Å². The number of hydrogen-bond acceptors (Lipinski definition) is 6. The van der Waals surface area contributed by atoms with Gasteiger partial charge in [-0.05, 0) is 12.0 Å². The minimum atomic E-state index is 0.359. The lowest BCUT2D eigenvalue weighted by Gasteiger charge is -2.07. The van der Waals surface area contributed by atoms with Crippen LogP contribution in [0.3, 0.4) is 0 Å². The number of nitrogens with one attached hydrogen (secondary N) is 2. The molecule has 2 aromatic heterocycles. The molecule has 114 valence electrons. The zero-order valence-electron chi connectivity index (χ0n) is 12.2. The van der Waals surface area contributed by atoms with Gasteiger partial charge in [-0.25, -0.2) is 4.98 Å². The van der Waals surface area contributed by atoms with Gasteiger partial charge in [-0.15, -0.1) is 11.5 Å². The van der Waals surface area contributed by atoms with E-state index in [1.807, 2.05) is 6.07 Å². The van der Waals surface area contributed by atoms with E-state index in [0.29, 0.717) is 39.9 Å². The molecule has 0 radical (unpaired) electrons. The van der Waals surface area contributed by atoms with Crippen LogP contribution in [0.5, 0.6) is 0 Å². The number of nitrogens with zero attached hydrogens (tertiary/aromatic N) is 4. The number of rotatable bonds is 5. The summed E-state index contributed by atoms with van der Waals surface area (Å²) in [5.41, 5.74) is 2.56. The van der Waals surface area contributed by atoms with Gasteiger partial charge in [-0.2, -0.15) is 15.3 Å². The molecule has 0 spiro atoms. The molecule has 4 rings (SSSR count). The number of hydrogen-bond donors (Lipinski definition) is 2. The highest BCUT2D eigenvalue weighted by Gasteiger charge is 2.39. The molecule has 0 saturated heterocycles. The Hall–Kier alpha value is -2.59. The summed E-state index contributed by atoms with van der Waals surface area (Å²) >= 11 is 1.42. The van der Waals surface area contributed by atoms with E-state index in [-0.39, 0.29) is 0 Å². The SMILES string of the molecule is C#CCSc1nc(NC2CC2c2ccccc2)c2n[nH]nc2n1. The van der Waals surface area contributed by atoms with Gasteiger partial charge < -0.3 is 5.32 Å². The third kappa shape index (κ3) is 2.85. The Bertz CT molecular complexity index is 869. The molecular formula is C16H14N6S. The predicted molar refractivity (Wildman–Crippen MR) is 90.2 cm³/mol. The molecule has 1 fully saturated rings. The van der Waals surface area contributed by atoms with Crippen molar-refractivity contribution in [2.24, 2.45) is 0 Å². The van der Waals surface area contributed by atoms with Crippen molar-refractivity contribution < 1.29 is 0 Å². The van der Waals surface area contributed by atoms with Crippen LogP contribution in [-0.2, 0) is 0 Å². The number of benzene rings is 1. The summed E-state index contributed by atoms with van der Waals surface area (Å²) in [4.78, 5) is 8.89. The van der Waals surface area contributed by atoms with Crippen molar-refractivity contribution >= 4 is 28.7 Å². The Morgan fingerprint density at radius 3 is 2.96 bits per heavy atom. The highest BCUT2D eigenvalue weighted by molar-refractivity contribution is 7.99. The quantitative estimate of drug-likeness (QED) is 0.427. The van der Waals surface area contributed by atoms with Crippen LogP contribution in [0.25, 0.3) is 11.2 Å². The number of anilines is 1. The van der Waals surface area contributed by atoms with E-state index in [2.05, 4.69) is 60.9 Å². The highest BCUT2D eigenvalue weighted by Crippen LogP contribution is 2.43. The smallest absolute Gasteiger partial charge is 0.207 e. The van der Waals surface area contributed by atoms with E-state index in [0.717, 1.165) is 6.42 Å². The third-order valence-corrected chi connectivity index (χ3v) is 4.54. The van der Waals surface area contributed by atoms with Crippen LogP contribution in [0.15, 0.2) is 35.5 Å². The van der Waals surface area contributed by atoms with E-state index >= 15 is 0 Å². The normalized spacial score (nSPS) is 19.4. The maximum Gasteiger partial charge on any atom is 0.207 e. The lowest BCUT2D eigenvalue weighted by Crippen LogP contribution is -2.08. The van der Waals surface area contributed by atoms with Gasteiger partial charge in [-0.1, -0.05) is 48.0 Å². The molecule has 2 N–H and O–H groups in total. The summed E-state index contributed by atoms with van der Waals surface area (Å²) in [7, 11) is 0. The molecule has 2 heterocycles. The summed E-state index contributed by atoms with van der Waals surface area (Å²) < 4.78 is 0. The highest BCUT2D eigenvalue weighted by atomic mass is 32.2. The average Bonchev–Trinajstić information content (AvgIpc) is 3.18. The van der Waals surface area contributed by atoms with Crippen LogP contribution in [0.1, 0.15) is 17.9 Å². The number of thioether (sulfide) groups is 1. The first-order chi connectivity index (χ1) is 11.3. The molecule has 0 aliphatic heterocycles. The van der Waals surface area contributed by atoms with Gasteiger partial charge in [0.25, 0.3) is 0 Å². The third-order valence-electron chi connectivity index (χ3n) is 3.79. The largest absolute Gasteiger partial charge is 0.365 e. The van der Waals surface area contributed by atoms with Crippen LogP contribution in [0.4, 0.5) is 5.82 Å². The second-order valence-electron chi connectivity index (χ2n) is 5.35. The molecule has 6 nitrogen and oxygen atoms in total. The molecule has 23 heavy (non-hydrogen) atoms. The fourth-order valence-corrected chi connectivity index (χ4v) is 3.12. The number of aromatic nitrogens is 5. The van der Waals surface area contributed by atoms with Crippen LogP contribution in [0.2, 0.25) is 0 Å². The van der Waals surface area contributed by atoms with Gasteiger partial charge in [0.1, 0.15) is 0 Å². The summed E-state index contributed by atoms with van der Waals surface area (Å²) in [6.07, 6.45) is 6.39. The summed E-state index contributed by atoms with van der Waals surface area (Å²) in [6.45, 7) is 0. The molecular weight excluding hydrogens is 308 g/mol. The molecule has 0 amide bonds. The number of aromatic amines is 1. The Labute approximate surface area is 137 Å². The average molecular weight is 322 g/mol. The molecule has 1 aromatic carbocycles. The maximum atomic E-state index is 5.30. The maximum absolute atomic E-state index is 5.30. The molecule has 1 saturated carbocycles. The number of terminal acetylenes is 1. The van der Waals surface area contributed by atoms with Crippen molar-refractivity contribution in [3.05, 3.63) is 35.9 Å². The lowest BCUT2D eigenvalue weighted by atomic mass is 10.1. The van der Waals surface area contributed by atoms with Gasteiger partial charge in [0.05, 0.1) is 5.75 Å². The second-order valence-corrected chi connectivity index (χ2v) is 6.29. The minimum Gasteiger partial charge on any atom is -0.365 e. The topological polar surface area (TPSA) is 79.4 Å². The molecule has 1 aliphatic rings. The number of fused-ring (bicyclic) bond motifs is 1. The Balaban J connectivity index is 1.57. The Kier molecular flexibility index (Phi) is 3.60. The van der Waals surface area contributed by atoms with Crippen LogP contribution >= 0.6 is 11.8 Å². The first kappa shape index (κ1) is 14.0. The lowest BCUT2D eigenvalue weighted by molar-refractivity contribution is 0.945. The van der Waals surface area contributed by atoms with Crippen LogP contribution in [-0.4, -0.2) is 37.2 Å². The predicted octanol–water partition coefficient (Wildman–Crippen LogP) is 2.44. The van der Waals surface area contributed by atoms with E-state index in [9.17, 15) is 0 Å². The van der Waals surface area contributed by atoms with Crippen molar-refractivity contribution in [2.75, 3.05) is 11.1 Å². The van der Waals surface area contributed by atoms with Gasteiger partial charge in [0.15, 0.2) is 16.5 Å². The Morgan fingerprint density at radius 1 is 1.26 bits per heavy atom. The fraction of sp³-hybridized carbons (Fsp3) is 0.250. The molecule has 7 heteroatoms. The van der Waals surface area contributed by atoms with Gasteiger partial charge >= 0.3 is 0 Å². The molecule has 1 aliphatic carbocycles. The van der Waals surface area contributed by atoms with Crippen LogP contribution < -0.4 is 5.32 Å². The van der Waals surface area contributed by atoms with E-state index < -0.39 is 0 Å². The first-order valence-corrected chi connectivity index (χ1v) is 8.30. The molecule has 2 unspecified atom stereocenters. The zero-order valence-corrected chi connectivity index (χ0v) is 13.0. The summed E-state index contributed by atoms with van der Waals surface area (Å²) in [5.74, 6) is 4.33. The van der Waals surface area contributed by atoms with Crippen molar-refractivity contribution in [1.82, 2.24) is 25.4 Å². The Morgan fingerprint density at radius 2 is 2.13 bits per heavy atom. The van der Waals surface area contributed by atoms with Crippen molar-refractivity contribution in [2.45, 2.75) is 23.5 Å². The minimum absolute atomic E-state index is 0.359. The fourth-order valence-electron chi connectivity index (χ4n) is 2.60. The standard InChI is InChI=1S/C16H14N6S/c1-2-8-23-16-18-14(13-15(19-16)21-22-20-13)17-12-9-11(12)10-6-4-3-5-7-10/h1,3-7,11-12H,8-9H2,(H2,17,18,19,20,21,22). The van der Waals surface area contributed by atoms with Crippen molar-refractivity contribution in [3.8, 4) is 12.3 Å². The van der Waals surface area contributed by atoms with E-state index in [4.69, 9.17) is 6.42 Å². The van der Waals surface area contributed by atoms with Crippen molar-refractivity contribution in [1.29, 1.82) is 0 Å². The van der Waals surface area contributed by atoms with Crippen molar-refractivity contribution in [3.63, 3.8) is 0 Å². The summed E-state index contributed by atoms with van der Waals surface area (Å²) in [5, 5.41) is 14.9. The molecule has 3 aromatic rings. The number of H-pyrrole nitrogens is 1. The van der Waals surface area contributed by atoms with E-state index in [1.54, 1.807) is 0 Å². The summed E-state index contributed by atoms with van der Waals surface area (Å²) in [6, 6.07) is 10.8. The zero-order chi connectivity index (χ0) is 15.6. The van der Waals surface area contributed by atoms with E-state index in [1.165, 1.54) is 17.3 Å².